The number of likely N-dealkylation sites (N-methyl/N-ethyl adjacent to an activating group) is 1. The zero-order valence-corrected chi connectivity index (χ0v) is 9.94. The van der Waals surface area contributed by atoms with E-state index < -0.39 is 5.60 Å². The van der Waals surface area contributed by atoms with Gasteiger partial charge < -0.3 is 20.7 Å². The van der Waals surface area contributed by atoms with Crippen LogP contribution in [-0.2, 0) is 0 Å². The Bertz CT molecular complexity index is 451. The van der Waals surface area contributed by atoms with Crippen LogP contribution in [-0.4, -0.2) is 34.3 Å². The molecule has 1 aromatic heterocycles. The summed E-state index contributed by atoms with van der Waals surface area (Å²) in [5.74, 6) is 0.425. The first-order chi connectivity index (χ1) is 8.02. The predicted molar refractivity (Wildman–Crippen MR) is 66.0 cm³/mol. The van der Waals surface area contributed by atoms with Gasteiger partial charge in [0.25, 0.3) is 5.56 Å². The van der Waals surface area contributed by atoms with Crippen LogP contribution in [0.5, 0.6) is 0 Å². The van der Waals surface area contributed by atoms with E-state index in [2.05, 4.69) is 9.97 Å². The van der Waals surface area contributed by atoms with Crippen molar-refractivity contribution in [3.05, 3.63) is 16.7 Å². The molecule has 0 radical (unpaired) electrons. The minimum absolute atomic E-state index is 0.0941. The molecule has 0 atom stereocenters. The second kappa shape index (κ2) is 4.37. The fourth-order valence-electron chi connectivity index (χ4n) is 2.41. The van der Waals surface area contributed by atoms with Crippen LogP contribution < -0.4 is 16.2 Å². The smallest absolute Gasteiger partial charge is 0.276 e. The lowest BCUT2D eigenvalue weighted by molar-refractivity contribution is 0.0558. The molecule has 0 saturated heterocycles. The molecule has 1 aliphatic carbocycles. The number of hydrogen-bond acceptors (Lipinski definition) is 5. The average molecular weight is 238 g/mol. The van der Waals surface area contributed by atoms with Crippen molar-refractivity contribution in [2.45, 2.75) is 31.3 Å². The molecule has 94 valence electrons. The first-order valence-electron chi connectivity index (χ1n) is 5.78. The normalized spacial score (nSPS) is 18.2. The second-order valence-corrected chi connectivity index (χ2v) is 4.76. The number of nitrogens with zero attached hydrogens (tertiary/aromatic N) is 2. The van der Waals surface area contributed by atoms with E-state index in [4.69, 9.17) is 5.73 Å². The second-order valence-electron chi connectivity index (χ2n) is 4.76. The van der Waals surface area contributed by atoms with Crippen molar-refractivity contribution in [2.24, 2.45) is 0 Å². The number of H-pyrrole nitrogens is 1. The molecule has 1 fully saturated rings. The molecule has 0 spiro atoms. The van der Waals surface area contributed by atoms with Crippen LogP contribution in [0.1, 0.15) is 25.7 Å². The molecule has 17 heavy (non-hydrogen) atoms. The Kier molecular flexibility index (Phi) is 3.06. The van der Waals surface area contributed by atoms with Crippen molar-refractivity contribution in [3.8, 4) is 0 Å². The minimum atomic E-state index is -0.675. The minimum Gasteiger partial charge on any atom is -0.391 e. The topological polar surface area (TPSA) is 95.2 Å². The van der Waals surface area contributed by atoms with Gasteiger partial charge in [-0.05, 0) is 12.8 Å². The van der Waals surface area contributed by atoms with Gasteiger partial charge in [0.05, 0.1) is 11.9 Å². The van der Waals surface area contributed by atoms with Crippen molar-refractivity contribution in [1.29, 1.82) is 0 Å². The van der Waals surface area contributed by atoms with Crippen LogP contribution in [0.25, 0.3) is 0 Å². The summed E-state index contributed by atoms with van der Waals surface area (Å²) in [5.41, 5.74) is 4.74. The van der Waals surface area contributed by atoms with Crippen molar-refractivity contribution >= 4 is 11.5 Å². The SMILES string of the molecule is CN(CC1(O)CCCC1)c1nc[nH]c(=O)c1N. The molecule has 0 aliphatic heterocycles. The highest BCUT2D eigenvalue weighted by Gasteiger charge is 2.33. The number of hydrogen-bond donors (Lipinski definition) is 3. The number of nitrogens with two attached hydrogens (primary N) is 1. The molecular weight excluding hydrogens is 220 g/mol. The Balaban J connectivity index is 2.17. The maximum atomic E-state index is 11.4. The lowest BCUT2D eigenvalue weighted by atomic mass is 10.0. The number of aromatic amines is 1. The molecule has 0 bridgehead atoms. The van der Waals surface area contributed by atoms with E-state index >= 15 is 0 Å². The number of aliphatic hydroxyl groups is 1. The van der Waals surface area contributed by atoms with E-state index in [1.165, 1.54) is 6.33 Å². The fourth-order valence-corrected chi connectivity index (χ4v) is 2.41. The maximum absolute atomic E-state index is 11.4. The van der Waals surface area contributed by atoms with E-state index in [-0.39, 0.29) is 11.2 Å². The Morgan fingerprint density at radius 1 is 1.59 bits per heavy atom. The molecule has 2 rings (SSSR count). The number of nitrogen functional groups attached to an aromatic ring is 1. The Labute approximate surface area is 99.5 Å². The van der Waals surface area contributed by atoms with E-state index in [0.29, 0.717) is 12.4 Å². The van der Waals surface area contributed by atoms with Crippen LogP contribution in [0.2, 0.25) is 0 Å². The van der Waals surface area contributed by atoms with Gasteiger partial charge in [0.1, 0.15) is 5.69 Å². The van der Waals surface area contributed by atoms with Crippen LogP contribution in [0.15, 0.2) is 11.1 Å². The van der Waals surface area contributed by atoms with Crippen molar-refractivity contribution in [2.75, 3.05) is 24.2 Å². The molecule has 1 aromatic rings. The molecule has 1 aliphatic rings. The number of anilines is 2. The molecule has 6 heteroatoms. The summed E-state index contributed by atoms with van der Waals surface area (Å²) in [5, 5.41) is 10.3. The molecule has 0 aromatic carbocycles. The lowest BCUT2D eigenvalue weighted by Crippen LogP contribution is -2.40. The highest BCUT2D eigenvalue weighted by Crippen LogP contribution is 2.31. The van der Waals surface area contributed by atoms with Crippen LogP contribution in [0.3, 0.4) is 0 Å². The van der Waals surface area contributed by atoms with Crippen molar-refractivity contribution in [3.63, 3.8) is 0 Å². The predicted octanol–water partition coefficient (Wildman–Crippen LogP) is 0.0934. The summed E-state index contributed by atoms with van der Waals surface area (Å²) < 4.78 is 0. The molecule has 1 heterocycles. The van der Waals surface area contributed by atoms with Gasteiger partial charge in [-0.3, -0.25) is 4.79 Å². The fraction of sp³-hybridized carbons (Fsp3) is 0.636. The van der Waals surface area contributed by atoms with E-state index in [1.807, 2.05) is 0 Å². The van der Waals surface area contributed by atoms with Gasteiger partial charge in [-0.2, -0.15) is 0 Å². The average Bonchev–Trinajstić information content (AvgIpc) is 2.68. The van der Waals surface area contributed by atoms with Gasteiger partial charge in [-0.15, -0.1) is 0 Å². The third kappa shape index (κ3) is 2.41. The Morgan fingerprint density at radius 2 is 2.24 bits per heavy atom. The summed E-state index contributed by atoms with van der Waals surface area (Å²) in [4.78, 5) is 19.6. The first kappa shape index (κ1) is 11.9. The quantitative estimate of drug-likeness (QED) is 0.694. The number of aromatic nitrogens is 2. The maximum Gasteiger partial charge on any atom is 0.276 e. The van der Waals surface area contributed by atoms with Gasteiger partial charge in [0, 0.05) is 13.6 Å². The monoisotopic (exact) mass is 238 g/mol. The first-order valence-corrected chi connectivity index (χ1v) is 5.78. The van der Waals surface area contributed by atoms with Gasteiger partial charge >= 0.3 is 0 Å². The molecule has 0 amide bonds. The van der Waals surface area contributed by atoms with Gasteiger partial charge in [0.2, 0.25) is 0 Å². The Hall–Kier alpha value is -1.56. The molecular formula is C11H18N4O2. The van der Waals surface area contributed by atoms with Gasteiger partial charge in [-0.1, -0.05) is 12.8 Å². The van der Waals surface area contributed by atoms with E-state index in [9.17, 15) is 9.90 Å². The molecule has 6 nitrogen and oxygen atoms in total. The molecule has 4 N–H and O–H groups in total. The highest BCUT2D eigenvalue weighted by atomic mass is 16.3. The largest absolute Gasteiger partial charge is 0.391 e. The zero-order valence-electron chi connectivity index (χ0n) is 9.94. The van der Waals surface area contributed by atoms with Crippen LogP contribution in [0, 0.1) is 0 Å². The van der Waals surface area contributed by atoms with Crippen molar-refractivity contribution in [1.82, 2.24) is 9.97 Å². The van der Waals surface area contributed by atoms with Gasteiger partial charge in [-0.25, -0.2) is 4.98 Å². The van der Waals surface area contributed by atoms with Gasteiger partial charge in [0.15, 0.2) is 5.82 Å². The van der Waals surface area contributed by atoms with Crippen LogP contribution >= 0.6 is 0 Å². The van der Waals surface area contributed by atoms with Crippen molar-refractivity contribution < 1.29 is 5.11 Å². The highest BCUT2D eigenvalue weighted by molar-refractivity contribution is 5.60. The molecule has 1 saturated carbocycles. The summed E-state index contributed by atoms with van der Waals surface area (Å²) >= 11 is 0. The molecule has 0 unspecified atom stereocenters. The van der Waals surface area contributed by atoms with E-state index in [0.717, 1.165) is 25.7 Å². The Morgan fingerprint density at radius 3 is 2.88 bits per heavy atom. The summed E-state index contributed by atoms with van der Waals surface area (Å²) in [6.45, 7) is 0.452. The van der Waals surface area contributed by atoms with E-state index in [1.54, 1.807) is 11.9 Å². The summed E-state index contributed by atoms with van der Waals surface area (Å²) in [6.07, 6.45) is 5.00. The summed E-state index contributed by atoms with van der Waals surface area (Å²) in [6, 6.07) is 0. The number of rotatable bonds is 3. The standard InChI is InChI=1S/C11H18N4O2/c1-15(6-11(17)4-2-3-5-11)9-8(12)10(16)14-7-13-9/h7,17H,2-6,12H2,1H3,(H,13,14,16). The lowest BCUT2D eigenvalue weighted by Gasteiger charge is -2.29. The third-order valence-corrected chi connectivity index (χ3v) is 3.30. The number of nitrogens with one attached hydrogen (secondary N) is 1. The third-order valence-electron chi connectivity index (χ3n) is 3.30. The van der Waals surface area contributed by atoms with Crippen LogP contribution in [0.4, 0.5) is 11.5 Å². The summed E-state index contributed by atoms with van der Waals surface area (Å²) in [7, 11) is 1.79. The zero-order chi connectivity index (χ0) is 12.5.